The second-order valence-corrected chi connectivity index (χ2v) is 5.90. The average molecular weight is 285 g/mol. The molecule has 1 aliphatic rings. The Balaban J connectivity index is 1.87. The van der Waals surface area contributed by atoms with Crippen molar-refractivity contribution < 1.29 is 0 Å². The van der Waals surface area contributed by atoms with Crippen LogP contribution in [0.2, 0.25) is 0 Å². The number of alkyl halides is 2. The summed E-state index contributed by atoms with van der Waals surface area (Å²) < 4.78 is 1.84. The van der Waals surface area contributed by atoms with Gasteiger partial charge in [-0.05, 0) is 29.0 Å². The van der Waals surface area contributed by atoms with Crippen LogP contribution in [0.3, 0.4) is 0 Å². The third-order valence-corrected chi connectivity index (χ3v) is 3.92. The standard InChI is InChI=1S/C11H10Cl2N4O/c12-11(13)6-8(11)7-16-10(18)17(15-14-16)9-4-2-1-3-5-9/h1-5,8H,6-7H2. The van der Waals surface area contributed by atoms with Crippen LogP contribution in [0.5, 0.6) is 0 Å². The molecule has 18 heavy (non-hydrogen) atoms. The van der Waals surface area contributed by atoms with Crippen molar-refractivity contribution in [3.05, 3.63) is 40.8 Å². The minimum atomic E-state index is -0.712. The molecular weight excluding hydrogens is 275 g/mol. The Morgan fingerprint density at radius 3 is 2.56 bits per heavy atom. The number of rotatable bonds is 3. The van der Waals surface area contributed by atoms with Crippen molar-refractivity contribution in [2.45, 2.75) is 17.3 Å². The van der Waals surface area contributed by atoms with E-state index in [4.69, 9.17) is 23.2 Å². The van der Waals surface area contributed by atoms with Crippen molar-refractivity contribution in [2.24, 2.45) is 5.92 Å². The van der Waals surface area contributed by atoms with Gasteiger partial charge < -0.3 is 0 Å². The van der Waals surface area contributed by atoms with Gasteiger partial charge in [0.1, 0.15) is 4.33 Å². The lowest BCUT2D eigenvalue weighted by Gasteiger charge is -1.98. The van der Waals surface area contributed by atoms with Crippen molar-refractivity contribution in [3.63, 3.8) is 0 Å². The monoisotopic (exact) mass is 284 g/mol. The predicted molar refractivity (Wildman–Crippen MR) is 68.2 cm³/mol. The lowest BCUT2D eigenvalue weighted by molar-refractivity contribution is 0.527. The molecule has 1 heterocycles. The van der Waals surface area contributed by atoms with E-state index in [1.54, 1.807) is 12.1 Å². The van der Waals surface area contributed by atoms with Crippen LogP contribution in [0.1, 0.15) is 6.42 Å². The van der Waals surface area contributed by atoms with E-state index in [0.717, 1.165) is 0 Å². The minimum absolute atomic E-state index is 0.0689. The summed E-state index contributed by atoms with van der Waals surface area (Å²) in [5.74, 6) is 0.0689. The highest BCUT2D eigenvalue weighted by Crippen LogP contribution is 2.53. The predicted octanol–water partition coefficient (Wildman–Crippen LogP) is 1.62. The molecule has 1 aromatic heterocycles. The van der Waals surface area contributed by atoms with E-state index < -0.39 is 4.33 Å². The number of halogens is 2. The van der Waals surface area contributed by atoms with E-state index in [9.17, 15) is 4.79 Å². The molecule has 1 unspecified atom stereocenters. The van der Waals surface area contributed by atoms with Gasteiger partial charge in [0, 0.05) is 5.92 Å². The number of hydrogen-bond acceptors (Lipinski definition) is 3. The van der Waals surface area contributed by atoms with Crippen LogP contribution in [0.4, 0.5) is 0 Å². The van der Waals surface area contributed by atoms with Crippen molar-refractivity contribution >= 4 is 23.2 Å². The van der Waals surface area contributed by atoms with Crippen molar-refractivity contribution in [2.75, 3.05) is 0 Å². The third kappa shape index (κ3) is 2.04. The Morgan fingerprint density at radius 1 is 1.28 bits per heavy atom. The number of para-hydroxylation sites is 1. The molecule has 0 bridgehead atoms. The summed E-state index contributed by atoms with van der Waals surface area (Å²) in [5.41, 5.74) is 0.407. The second kappa shape index (κ2) is 4.10. The van der Waals surface area contributed by atoms with Crippen molar-refractivity contribution in [1.29, 1.82) is 0 Å². The van der Waals surface area contributed by atoms with Gasteiger partial charge in [-0.2, -0.15) is 9.36 Å². The number of hydrogen-bond donors (Lipinski definition) is 0. The van der Waals surface area contributed by atoms with Crippen molar-refractivity contribution in [1.82, 2.24) is 19.8 Å². The first-order valence-corrected chi connectivity index (χ1v) is 6.29. The molecule has 0 amide bonds. The molecule has 3 rings (SSSR count). The molecule has 1 aromatic carbocycles. The largest absolute Gasteiger partial charge is 0.368 e. The highest BCUT2D eigenvalue weighted by atomic mass is 35.5. The maximum absolute atomic E-state index is 12.1. The number of nitrogens with zero attached hydrogens (tertiary/aromatic N) is 4. The van der Waals surface area contributed by atoms with E-state index in [1.807, 2.05) is 18.2 Å². The fourth-order valence-corrected chi connectivity index (χ4v) is 2.31. The molecule has 0 radical (unpaired) electrons. The molecule has 94 valence electrons. The molecule has 0 spiro atoms. The molecular formula is C11H10Cl2N4O. The average Bonchev–Trinajstić information content (AvgIpc) is 2.78. The second-order valence-electron chi connectivity index (χ2n) is 4.35. The summed E-state index contributed by atoms with van der Waals surface area (Å²) in [5, 5.41) is 7.68. The molecule has 0 N–H and O–H groups in total. The van der Waals surface area contributed by atoms with Gasteiger partial charge in [0.2, 0.25) is 0 Å². The molecule has 1 saturated carbocycles. The summed E-state index contributed by atoms with van der Waals surface area (Å²) in [4.78, 5) is 12.1. The summed E-state index contributed by atoms with van der Waals surface area (Å²) in [6, 6.07) is 9.14. The minimum Gasteiger partial charge on any atom is -0.244 e. The van der Waals surface area contributed by atoms with Gasteiger partial charge in [-0.3, -0.25) is 0 Å². The van der Waals surface area contributed by atoms with Gasteiger partial charge >= 0.3 is 5.69 Å². The van der Waals surface area contributed by atoms with Gasteiger partial charge in [0.15, 0.2) is 0 Å². The van der Waals surface area contributed by atoms with Crippen LogP contribution in [0.15, 0.2) is 35.1 Å². The first-order valence-electron chi connectivity index (χ1n) is 5.54. The van der Waals surface area contributed by atoms with Crippen LogP contribution in [-0.4, -0.2) is 24.1 Å². The molecule has 1 aliphatic carbocycles. The first kappa shape index (κ1) is 11.7. The summed E-state index contributed by atoms with van der Waals surface area (Å²) in [7, 11) is 0. The van der Waals surface area contributed by atoms with Crippen LogP contribution in [0, 0.1) is 5.92 Å². The fourth-order valence-electron chi connectivity index (χ4n) is 1.80. The topological polar surface area (TPSA) is 52.7 Å². The Bertz CT molecular complexity index is 619. The first-order chi connectivity index (χ1) is 8.58. The SMILES string of the molecule is O=c1n(CC2CC2(Cl)Cl)nnn1-c1ccccc1. The molecule has 5 nitrogen and oxygen atoms in total. The van der Waals surface area contributed by atoms with Crippen molar-refractivity contribution in [3.8, 4) is 5.69 Å². The zero-order chi connectivity index (χ0) is 12.8. The van der Waals surface area contributed by atoms with Gasteiger partial charge in [0.05, 0.1) is 12.2 Å². The molecule has 1 fully saturated rings. The van der Waals surface area contributed by atoms with Crippen LogP contribution < -0.4 is 5.69 Å². The zero-order valence-corrected chi connectivity index (χ0v) is 10.8. The highest BCUT2D eigenvalue weighted by Gasteiger charge is 2.52. The molecule has 0 saturated heterocycles. The van der Waals surface area contributed by atoms with Gasteiger partial charge in [0.25, 0.3) is 0 Å². The Kier molecular flexibility index (Phi) is 2.68. The Labute approximate surface area is 113 Å². The number of benzene rings is 1. The van der Waals surface area contributed by atoms with E-state index in [2.05, 4.69) is 10.4 Å². The number of tetrazole rings is 1. The lowest BCUT2D eigenvalue weighted by atomic mass is 10.3. The van der Waals surface area contributed by atoms with Crippen LogP contribution in [0.25, 0.3) is 5.69 Å². The Morgan fingerprint density at radius 2 is 1.94 bits per heavy atom. The highest BCUT2D eigenvalue weighted by molar-refractivity contribution is 6.50. The molecule has 7 heteroatoms. The normalized spacial score (nSPS) is 20.9. The maximum atomic E-state index is 12.1. The summed E-state index contributed by atoms with van der Waals surface area (Å²) in [6.45, 7) is 0.401. The summed E-state index contributed by atoms with van der Waals surface area (Å²) >= 11 is 11.9. The van der Waals surface area contributed by atoms with Crippen LogP contribution >= 0.6 is 23.2 Å². The smallest absolute Gasteiger partial charge is 0.244 e. The van der Waals surface area contributed by atoms with E-state index >= 15 is 0 Å². The van der Waals surface area contributed by atoms with Gasteiger partial charge in [-0.1, -0.05) is 18.2 Å². The number of aromatic nitrogens is 4. The van der Waals surface area contributed by atoms with E-state index in [-0.39, 0.29) is 11.6 Å². The fraction of sp³-hybridized carbons (Fsp3) is 0.364. The zero-order valence-electron chi connectivity index (χ0n) is 9.33. The molecule has 0 aliphatic heterocycles. The summed E-state index contributed by atoms with van der Waals surface area (Å²) in [6.07, 6.45) is 0.681. The van der Waals surface area contributed by atoms with Gasteiger partial charge in [-0.25, -0.2) is 4.79 Å². The van der Waals surface area contributed by atoms with E-state index in [1.165, 1.54) is 9.36 Å². The molecule has 1 atom stereocenters. The Hall–Kier alpha value is -1.33. The lowest BCUT2D eigenvalue weighted by Crippen LogP contribution is -2.25. The maximum Gasteiger partial charge on any atom is 0.368 e. The third-order valence-electron chi connectivity index (χ3n) is 2.99. The van der Waals surface area contributed by atoms with E-state index in [0.29, 0.717) is 18.7 Å². The van der Waals surface area contributed by atoms with Crippen LogP contribution in [-0.2, 0) is 6.54 Å². The quantitative estimate of drug-likeness (QED) is 0.805. The molecule has 2 aromatic rings. The van der Waals surface area contributed by atoms with Gasteiger partial charge in [-0.15, -0.1) is 23.2 Å².